The van der Waals surface area contributed by atoms with Crippen molar-refractivity contribution in [2.75, 3.05) is 0 Å². The number of benzene rings is 8. The van der Waals surface area contributed by atoms with Crippen LogP contribution in [-0.4, -0.2) is 18.9 Å². The Morgan fingerprint density at radius 3 is 1.96 bits per heavy atom. The molecule has 0 unspecified atom stereocenters. The molecule has 256 valence electrons. The summed E-state index contributed by atoms with van der Waals surface area (Å²) in [6, 6.07) is 57.6. The zero-order chi connectivity index (χ0) is 36.2. The summed E-state index contributed by atoms with van der Waals surface area (Å²) in [5.41, 5.74) is 12.4. The Balaban J connectivity index is 1.25. The van der Waals surface area contributed by atoms with Crippen molar-refractivity contribution in [3.8, 4) is 28.5 Å². The maximum absolute atomic E-state index is 5.71. The van der Waals surface area contributed by atoms with Crippen molar-refractivity contribution in [2.45, 2.75) is 19.3 Å². The third-order valence-electron chi connectivity index (χ3n) is 12.6. The number of nitrogens with zero attached hydrogens (tertiary/aromatic N) is 4. The molecule has 4 heterocycles. The number of fused-ring (bicyclic) bond motifs is 17. The maximum atomic E-state index is 5.71. The van der Waals surface area contributed by atoms with Gasteiger partial charge in [-0.2, -0.15) is 0 Å². The van der Waals surface area contributed by atoms with Gasteiger partial charge in [0.05, 0.1) is 39.0 Å². The van der Waals surface area contributed by atoms with E-state index in [1.165, 1.54) is 87.1 Å². The highest BCUT2D eigenvalue weighted by Gasteiger charge is 2.40. The second-order valence-electron chi connectivity index (χ2n) is 15.7. The number of para-hydroxylation sites is 3. The standard InChI is InChI=1S/C51H32N4/c1-51(2)39-23-10-7-19-36(39)46-44(51)45(31-27-26-29-14-3-4-15-30(29)28-31)52-50(53-46)55-41-25-12-9-20-37(41)43-48(55)35-18-6-5-17-33(35)42-38-22-13-21-34-32-16-8-11-24-40(32)54(47(34)38)49(42)43/h3-28H,1-2H3. The van der Waals surface area contributed by atoms with Gasteiger partial charge in [-0.25, -0.2) is 9.97 Å². The fourth-order valence-electron chi connectivity index (χ4n) is 10.3. The highest BCUT2D eigenvalue weighted by atomic mass is 15.2. The molecule has 0 fully saturated rings. The van der Waals surface area contributed by atoms with Crippen molar-refractivity contribution >= 4 is 81.4 Å². The first-order chi connectivity index (χ1) is 27.1. The molecule has 12 aromatic rings. The second-order valence-corrected chi connectivity index (χ2v) is 15.7. The van der Waals surface area contributed by atoms with E-state index in [9.17, 15) is 0 Å². The van der Waals surface area contributed by atoms with Crippen molar-refractivity contribution in [1.82, 2.24) is 18.9 Å². The van der Waals surface area contributed by atoms with Gasteiger partial charge in [-0.15, -0.1) is 0 Å². The third-order valence-corrected chi connectivity index (χ3v) is 12.6. The molecule has 4 aromatic heterocycles. The van der Waals surface area contributed by atoms with Crippen LogP contribution in [0.25, 0.3) is 110 Å². The average molecular weight is 701 g/mol. The van der Waals surface area contributed by atoms with E-state index in [1.54, 1.807) is 0 Å². The SMILES string of the molecule is CC1(C)c2ccccc2-c2nc(-n3c4ccccc4c4c3c3ccccc3c3c5cccc6c7ccccc7n(c65)c34)nc(-c3ccc4ccccc4c3)c21. The lowest BCUT2D eigenvalue weighted by Crippen LogP contribution is -2.18. The lowest BCUT2D eigenvalue weighted by atomic mass is 9.80. The van der Waals surface area contributed by atoms with Crippen LogP contribution in [0.5, 0.6) is 0 Å². The minimum atomic E-state index is -0.285. The van der Waals surface area contributed by atoms with E-state index in [2.05, 4.69) is 181 Å². The molecule has 0 saturated carbocycles. The van der Waals surface area contributed by atoms with E-state index in [-0.39, 0.29) is 5.41 Å². The summed E-state index contributed by atoms with van der Waals surface area (Å²) >= 11 is 0. The lowest BCUT2D eigenvalue weighted by molar-refractivity contribution is 0.657. The molecule has 0 aliphatic heterocycles. The van der Waals surface area contributed by atoms with Crippen LogP contribution >= 0.6 is 0 Å². The molecule has 13 rings (SSSR count). The van der Waals surface area contributed by atoms with Gasteiger partial charge in [0.2, 0.25) is 5.95 Å². The predicted octanol–water partition coefficient (Wildman–Crippen LogP) is 13.0. The van der Waals surface area contributed by atoms with Crippen LogP contribution < -0.4 is 0 Å². The van der Waals surface area contributed by atoms with Gasteiger partial charge in [-0.05, 0) is 39.9 Å². The summed E-state index contributed by atoms with van der Waals surface area (Å²) in [4.78, 5) is 11.4. The van der Waals surface area contributed by atoms with Crippen LogP contribution in [0.2, 0.25) is 0 Å². The van der Waals surface area contributed by atoms with E-state index < -0.39 is 0 Å². The predicted molar refractivity (Wildman–Crippen MR) is 229 cm³/mol. The molecular weight excluding hydrogens is 669 g/mol. The van der Waals surface area contributed by atoms with E-state index >= 15 is 0 Å². The third kappa shape index (κ3) is 3.57. The topological polar surface area (TPSA) is 35.1 Å². The van der Waals surface area contributed by atoms with Gasteiger partial charge < -0.3 is 4.40 Å². The quantitative estimate of drug-likeness (QED) is 0.180. The van der Waals surface area contributed by atoms with Gasteiger partial charge in [-0.3, -0.25) is 4.57 Å². The molecule has 0 saturated heterocycles. The van der Waals surface area contributed by atoms with Crippen LogP contribution in [0, 0.1) is 0 Å². The molecule has 0 spiro atoms. The van der Waals surface area contributed by atoms with Crippen molar-refractivity contribution < 1.29 is 0 Å². The van der Waals surface area contributed by atoms with E-state index in [4.69, 9.17) is 9.97 Å². The molecule has 55 heavy (non-hydrogen) atoms. The molecule has 0 amide bonds. The first-order valence-corrected chi connectivity index (χ1v) is 19.1. The zero-order valence-corrected chi connectivity index (χ0v) is 30.3. The first kappa shape index (κ1) is 29.4. The summed E-state index contributed by atoms with van der Waals surface area (Å²) in [6.07, 6.45) is 0. The Bertz CT molecular complexity index is 3630. The molecule has 8 aromatic carbocycles. The smallest absolute Gasteiger partial charge is 0.235 e. The van der Waals surface area contributed by atoms with Crippen molar-refractivity contribution in [3.05, 3.63) is 169 Å². The van der Waals surface area contributed by atoms with Gasteiger partial charge in [0, 0.05) is 59.8 Å². The molecule has 1 aliphatic carbocycles. The van der Waals surface area contributed by atoms with Crippen LogP contribution in [0.15, 0.2) is 158 Å². The van der Waals surface area contributed by atoms with Gasteiger partial charge in [0.15, 0.2) is 0 Å². The summed E-state index contributed by atoms with van der Waals surface area (Å²) in [5, 5.41) is 12.4. The van der Waals surface area contributed by atoms with Gasteiger partial charge in [0.25, 0.3) is 0 Å². The number of hydrogen-bond donors (Lipinski definition) is 0. The maximum Gasteiger partial charge on any atom is 0.235 e. The molecule has 0 N–H and O–H groups in total. The van der Waals surface area contributed by atoms with E-state index in [0.717, 1.165) is 28.0 Å². The zero-order valence-electron chi connectivity index (χ0n) is 30.3. The monoisotopic (exact) mass is 700 g/mol. The second kappa shape index (κ2) is 10.1. The lowest BCUT2D eigenvalue weighted by Gasteiger charge is -2.24. The number of hydrogen-bond acceptors (Lipinski definition) is 2. The molecule has 4 nitrogen and oxygen atoms in total. The van der Waals surface area contributed by atoms with Crippen LogP contribution in [-0.2, 0) is 5.41 Å². The minimum absolute atomic E-state index is 0.285. The number of aromatic nitrogens is 4. The van der Waals surface area contributed by atoms with Gasteiger partial charge >= 0.3 is 0 Å². The van der Waals surface area contributed by atoms with Crippen LogP contribution in [0.1, 0.15) is 25.0 Å². The minimum Gasteiger partial charge on any atom is -0.307 e. The Kier molecular flexibility index (Phi) is 5.42. The van der Waals surface area contributed by atoms with Crippen LogP contribution in [0.4, 0.5) is 0 Å². The highest BCUT2D eigenvalue weighted by molar-refractivity contribution is 6.39. The fraction of sp³-hybridized carbons (Fsp3) is 0.0588. The van der Waals surface area contributed by atoms with Crippen molar-refractivity contribution in [3.63, 3.8) is 0 Å². The molecule has 0 atom stereocenters. The number of rotatable bonds is 2. The fourth-order valence-corrected chi connectivity index (χ4v) is 10.3. The summed E-state index contributed by atoms with van der Waals surface area (Å²) in [5.74, 6) is 0.684. The summed E-state index contributed by atoms with van der Waals surface area (Å²) in [6.45, 7) is 4.64. The van der Waals surface area contributed by atoms with Gasteiger partial charge in [0.1, 0.15) is 0 Å². The average Bonchev–Trinajstić information content (AvgIpc) is 3.94. The van der Waals surface area contributed by atoms with Crippen molar-refractivity contribution in [1.29, 1.82) is 0 Å². The first-order valence-electron chi connectivity index (χ1n) is 19.1. The van der Waals surface area contributed by atoms with Crippen LogP contribution in [0.3, 0.4) is 0 Å². The van der Waals surface area contributed by atoms with E-state index in [1.807, 2.05) is 0 Å². The van der Waals surface area contributed by atoms with Crippen molar-refractivity contribution in [2.24, 2.45) is 0 Å². The Morgan fingerprint density at radius 1 is 0.455 bits per heavy atom. The Hall–Kier alpha value is -7.04. The summed E-state index contributed by atoms with van der Waals surface area (Å²) < 4.78 is 4.89. The highest BCUT2D eigenvalue weighted by Crippen LogP contribution is 2.53. The molecule has 0 radical (unpaired) electrons. The molecular formula is C51H32N4. The summed E-state index contributed by atoms with van der Waals surface area (Å²) in [7, 11) is 0. The largest absolute Gasteiger partial charge is 0.307 e. The van der Waals surface area contributed by atoms with E-state index in [0.29, 0.717) is 5.95 Å². The normalized spacial score (nSPS) is 13.8. The Labute approximate surface area is 315 Å². The molecule has 4 heteroatoms. The molecule has 0 bridgehead atoms. The molecule has 1 aliphatic rings. The Morgan fingerprint density at radius 2 is 1.09 bits per heavy atom. The van der Waals surface area contributed by atoms with Gasteiger partial charge in [-0.1, -0.05) is 153 Å².